The second-order valence-electron chi connectivity index (χ2n) is 5.46. The maximum absolute atomic E-state index is 11.9. The molecular weight excluding hydrogens is 320 g/mol. The third kappa shape index (κ3) is 6.66. The van der Waals surface area contributed by atoms with Crippen molar-refractivity contribution in [2.24, 2.45) is 11.7 Å². The summed E-state index contributed by atoms with van der Waals surface area (Å²) in [6, 6.07) is 5.65. The Bertz CT molecular complexity index is 673. The van der Waals surface area contributed by atoms with E-state index in [1.54, 1.807) is 32.0 Å². The van der Waals surface area contributed by atoms with Gasteiger partial charge in [-0.05, 0) is 18.1 Å². The van der Waals surface area contributed by atoms with Crippen molar-refractivity contribution in [1.29, 1.82) is 0 Å². The normalized spacial score (nSPS) is 12.6. The smallest absolute Gasteiger partial charge is 0.243 e. The number of carbonyl (C=O) groups excluding carboxylic acids is 2. The first-order valence-electron chi connectivity index (χ1n) is 7.00. The molecule has 0 bridgehead atoms. The van der Waals surface area contributed by atoms with Gasteiger partial charge in [0.15, 0.2) is 0 Å². The summed E-state index contributed by atoms with van der Waals surface area (Å²) in [7, 11) is -3.47. The first kappa shape index (κ1) is 18.9. The summed E-state index contributed by atoms with van der Waals surface area (Å²) in [5.41, 5.74) is 6.21. The highest BCUT2D eigenvalue weighted by Gasteiger charge is 2.18. The number of anilines is 2. The van der Waals surface area contributed by atoms with E-state index in [0.29, 0.717) is 5.69 Å². The number of rotatable bonds is 7. The number of hydrogen-bond acceptors (Lipinski definition) is 5. The van der Waals surface area contributed by atoms with Crippen LogP contribution in [0.15, 0.2) is 24.3 Å². The van der Waals surface area contributed by atoms with Gasteiger partial charge >= 0.3 is 0 Å². The Labute approximate surface area is 135 Å². The number of nitrogens with one attached hydrogen (secondary N) is 3. The van der Waals surface area contributed by atoms with Crippen molar-refractivity contribution in [2.45, 2.75) is 19.9 Å². The number of benzene rings is 1. The molecule has 1 atom stereocenters. The Morgan fingerprint density at radius 2 is 1.74 bits per heavy atom. The highest BCUT2D eigenvalue weighted by Crippen LogP contribution is 2.21. The van der Waals surface area contributed by atoms with Crippen LogP contribution in [0.5, 0.6) is 0 Å². The van der Waals surface area contributed by atoms with E-state index in [1.165, 1.54) is 6.07 Å². The molecule has 1 rings (SSSR count). The van der Waals surface area contributed by atoms with Crippen molar-refractivity contribution in [2.75, 3.05) is 22.8 Å². The Morgan fingerprint density at radius 3 is 2.26 bits per heavy atom. The van der Waals surface area contributed by atoms with Gasteiger partial charge in [-0.15, -0.1) is 0 Å². The molecular formula is C14H22N4O4S. The van der Waals surface area contributed by atoms with E-state index in [0.717, 1.165) is 6.26 Å². The van der Waals surface area contributed by atoms with E-state index < -0.39 is 27.9 Å². The molecule has 0 saturated carbocycles. The quantitative estimate of drug-likeness (QED) is 0.558. The molecule has 0 spiro atoms. The largest absolute Gasteiger partial charge is 0.346 e. The SMILES string of the molecule is CC(C)[C@H](N)C(=O)NCC(=O)Nc1ccccc1NS(C)(=O)=O. The summed E-state index contributed by atoms with van der Waals surface area (Å²) in [5, 5.41) is 4.97. The average Bonchev–Trinajstić information content (AvgIpc) is 2.44. The van der Waals surface area contributed by atoms with E-state index in [-0.39, 0.29) is 18.2 Å². The molecule has 5 N–H and O–H groups in total. The van der Waals surface area contributed by atoms with Crippen LogP contribution in [0.1, 0.15) is 13.8 Å². The minimum Gasteiger partial charge on any atom is -0.346 e. The first-order valence-corrected chi connectivity index (χ1v) is 8.89. The zero-order valence-corrected chi connectivity index (χ0v) is 14.1. The molecule has 0 aliphatic heterocycles. The lowest BCUT2D eigenvalue weighted by molar-refractivity contribution is -0.125. The van der Waals surface area contributed by atoms with Gasteiger partial charge in [0, 0.05) is 0 Å². The number of nitrogens with two attached hydrogens (primary N) is 1. The fourth-order valence-corrected chi connectivity index (χ4v) is 2.24. The van der Waals surface area contributed by atoms with E-state index in [1.807, 2.05) is 0 Å². The summed E-state index contributed by atoms with van der Waals surface area (Å²) in [4.78, 5) is 23.6. The van der Waals surface area contributed by atoms with Crippen LogP contribution in [0.3, 0.4) is 0 Å². The molecule has 0 aliphatic carbocycles. The fraction of sp³-hybridized carbons (Fsp3) is 0.429. The predicted octanol–water partition coefficient (Wildman–Crippen LogP) is 0.0961. The van der Waals surface area contributed by atoms with Crippen molar-refractivity contribution < 1.29 is 18.0 Å². The third-order valence-corrected chi connectivity index (χ3v) is 3.53. The molecule has 0 aliphatic rings. The molecule has 0 radical (unpaired) electrons. The second-order valence-corrected chi connectivity index (χ2v) is 7.20. The summed E-state index contributed by atoms with van der Waals surface area (Å²) in [6.45, 7) is 3.35. The monoisotopic (exact) mass is 342 g/mol. The molecule has 0 saturated heterocycles. The van der Waals surface area contributed by atoms with E-state index >= 15 is 0 Å². The van der Waals surface area contributed by atoms with Crippen LogP contribution in [0, 0.1) is 5.92 Å². The Morgan fingerprint density at radius 1 is 1.17 bits per heavy atom. The van der Waals surface area contributed by atoms with Gasteiger partial charge in [-0.3, -0.25) is 14.3 Å². The van der Waals surface area contributed by atoms with Crippen LogP contribution in [0.2, 0.25) is 0 Å². The van der Waals surface area contributed by atoms with Crippen LogP contribution in [0.25, 0.3) is 0 Å². The highest BCUT2D eigenvalue weighted by atomic mass is 32.2. The maximum Gasteiger partial charge on any atom is 0.243 e. The number of carbonyl (C=O) groups is 2. The van der Waals surface area contributed by atoms with Gasteiger partial charge in [0.1, 0.15) is 0 Å². The van der Waals surface area contributed by atoms with Crippen molar-refractivity contribution in [1.82, 2.24) is 5.32 Å². The first-order chi connectivity index (χ1) is 10.6. The van der Waals surface area contributed by atoms with Crippen LogP contribution in [-0.2, 0) is 19.6 Å². The molecule has 8 nitrogen and oxygen atoms in total. The molecule has 0 heterocycles. The minimum absolute atomic E-state index is 0.0438. The van der Waals surface area contributed by atoms with Gasteiger partial charge < -0.3 is 16.4 Å². The molecule has 23 heavy (non-hydrogen) atoms. The Hall–Kier alpha value is -2.13. The lowest BCUT2D eigenvalue weighted by Crippen LogP contribution is -2.46. The zero-order valence-electron chi connectivity index (χ0n) is 13.3. The van der Waals surface area contributed by atoms with Crippen LogP contribution < -0.4 is 21.1 Å². The topological polar surface area (TPSA) is 130 Å². The molecule has 0 aromatic heterocycles. The fourth-order valence-electron chi connectivity index (χ4n) is 1.66. The summed E-state index contributed by atoms with van der Waals surface area (Å²) in [6.07, 6.45) is 1.01. The molecule has 9 heteroatoms. The van der Waals surface area contributed by atoms with Crippen LogP contribution in [0.4, 0.5) is 11.4 Å². The molecule has 0 fully saturated rings. The molecule has 1 aromatic carbocycles. The van der Waals surface area contributed by atoms with Crippen LogP contribution >= 0.6 is 0 Å². The Balaban J connectivity index is 2.67. The molecule has 1 aromatic rings. The summed E-state index contributed by atoms with van der Waals surface area (Å²) >= 11 is 0. The van der Waals surface area contributed by atoms with E-state index in [2.05, 4.69) is 15.4 Å². The maximum atomic E-state index is 11.9. The van der Waals surface area contributed by atoms with Gasteiger partial charge in [-0.1, -0.05) is 26.0 Å². The Kier molecular flexibility index (Phi) is 6.52. The van der Waals surface area contributed by atoms with Gasteiger partial charge in [-0.2, -0.15) is 0 Å². The molecule has 2 amide bonds. The zero-order chi connectivity index (χ0) is 17.6. The average molecular weight is 342 g/mol. The number of para-hydroxylation sites is 2. The molecule has 0 unspecified atom stereocenters. The standard InChI is InChI=1S/C14H22N4O4S/c1-9(2)13(15)14(20)16-8-12(19)17-10-6-4-5-7-11(10)18-23(3,21)22/h4-7,9,13,18H,8,15H2,1-3H3,(H,16,20)(H,17,19)/t13-/m0/s1. The van der Waals surface area contributed by atoms with Crippen molar-refractivity contribution >= 4 is 33.2 Å². The molecule has 128 valence electrons. The van der Waals surface area contributed by atoms with E-state index in [4.69, 9.17) is 5.73 Å². The minimum atomic E-state index is -3.47. The third-order valence-electron chi connectivity index (χ3n) is 2.94. The van der Waals surface area contributed by atoms with Gasteiger partial charge in [0.25, 0.3) is 0 Å². The summed E-state index contributed by atoms with van der Waals surface area (Å²) in [5.74, 6) is -0.951. The summed E-state index contributed by atoms with van der Waals surface area (Å²) < 4.78 is 24.9. The lowest BCUT2D eigenvalue weighted by atomic mass is 10.1. The number of hydrogen-bond donors (Lipinski definition) is 4. The number of sulfonamides is 1. The second kappa shape index (κ2) is 7.93. The van der Waals surface area contributed by atoms with Crippen LogP contribution in [-0.4, -0.2) is 39.1 Å². The number of amides is 2. The van der Waals surface area contributed by atoms with Gasteiger partial charge in [0.05, 0.1) is 30.2 Å². The highest BCUT2D eigenvalue weighted by molar-refractivity contribution is 7.92. The van der Waals surface area contributed by atoms with Crippen molar-refractivity contribution in [3.05, 3.63) is 24.3 Å². The van der Waals surface area contributed by atoms with Gasteiger partial charge in [0.2, 0.25) is 21.8 Å². The van der Waals surface area contributed by atoms with Gasteiger partial charge in [-0.25, -0.2) is 8.42 Å². The van der Waals surface area contributed by atoms with E-state index in [9.17, 15) is 18.0 Å². The van der Waals surface area contributed by atoms with Crippen molar-refractivity contribution in [3.63, 3.8) is 0 Å². The predicted molar refractivity (Wildman–Crippen MR) is 89.4 cm³/mol. The van der Waals surface area contributed by atoms with Crippen molar-refractivity contribution in [3.8, 4) is 0 Å². The lowest BCUT2D eigenvalue weighted by Gasteiger charge is -2.16.